The standard InChI is InChI=1S/C26H31F2N5O3/c27-26(28)11-7-18(8-12-26)25(35)33-15-10-22(17-33)36-21-5-3-20(4-6-21)30-24(34)19-9-14-32(16-19)23-2-1-13-29-31-23/h1-6,13,18-19,22H,7-12,14-17H2,(H,30,34)/t19-,22+/m0/s1. The van der Waals surface area contributed by atoms with Crippen LogP contribution in [-0.4, -0.2) is 65.1 Å². The Hall–Kier alpha value is -3.30. The molecule has 8 nitrogen and oxygen atoms in total. The number of rotatable bonds is 6. The van der Waals surface area contributed by atoms with Crippen LogP contribution in [0.1, 0.15) is 38.5 Å². The molecule has 3 aliphatic rings. The van der Waals surface area contributed by atoms with Gasteiger partial charge in [-0.05, 0) is 55.7 Å². The van der Waals surface area contributed by atoms with Crippen LogP contribution in [0.25, 0.3) is 0 Å². The van der Waals surface area contributed by atoms with E-state index in [2.05, 4.69) is 20.4 Å². The Morgan fingerprint density at radius 1 is 0.972 bits per heavy atom. The van der Waals surface area contributed by atoms with Crippen LogP contribution >= 0.6 is 0 Å². The first-order valence-electron chi connectivity index (χ1n) is 12.6. The summed E-state index contributed by atoms with van der Waals surface area (Å²) in [5, 5.41) is 11.0. The molecule has 2 saturated heterocycles. The molecule has 2 atom stereocenters. The normalized spacial score (nSPS) is 24.1. The fourth-order valence-corrected chi connectivity index (χ4v) is 5.27. The molecule has 10 heteroatoms. The zero-order valence-corrected chi connectivity index (χ0v) is 20.1. The lowest BCUT2D eigenvalue weighted by molar-refractivity contribution is -0.138. The fraction of sp³-hybridized carbons (Fsp3) is 0.538. The summed E-state index contributed by atoms with van der Waals surface area (Å²) >= 11 is 0. The third-order valence-electron chi connectivity index (χ3n) is 7.39. The van der Waals surface area contributed by atoms with Crippen molar-refractivity contribution in [3.8, 4) is 5.75 Å². The zero-order chi connectivity index (χ0) is 25.1. The molecule has 2 aliphatic heterocycles. The Labute approximate surface area is 209 Å². The van der Waals surface area contributed by atoms with E-state index >= 15 is 0 Å². The van der Waals surface area contributed by atoms with Gasteiger partial charge in [-0.1, -0.05) is 0 Å². The third-order valence-corrected chi connectivity index (χ3v) is 7.39. The van der Waals surface area contributed by atoms with Crippen molar-refractivity contribution >= 4 is 23.3 Å². The van der Waals surface area contributed by atoms with Gasteiger partial charge < -0.3 is 19.9 Å². The van der Waals surface area contributed by atoms with Gasteiger partial charge in [0.25, 0.3) is 0 Å². The maximum absolute atomic E-state index is 13.4. The van der Waals surface area contributed by atoms with E-state index in [1.165, 1.54) is 0 Å². The number of hydrogen-bond donors (Lipinski definition) is 1. The molecule has 0 spiro atoms. The van der Waals surface area contributed by atoms with Gasteiger partial charge in [-0.3, -0.25) is 9.59 Å². The molecule has 3 fully saturated rings. The first kappa shape index (κ1) is 24.4. The Bertz CT molecular complexity index is 1060. The van der Waals surface area contributed by atoms with Crippen molar-refractivity contribution in [2.24, 2.45) is 11.8 Å². The minimum Gasteiger partial charge on any atom is -0.489 e. The average molecular weight is 500 g/mol. The van der Waals surface area contributed by atoms with E-state index in [0.717, 1.165) is 18.8 Å². The lowest BCUT2D eigenvalue weighted by Crippen LogP contribution is -2.39. The first-order valence-corrected chi connectivity index (χ1v) is 12.6. The van der Waals surface area contributed by atoms with Gasteiger partial charge in [0.15, 0.2) is 5.82 Å². The van der Waals surface area contributed by atoms with Crippen molar-refractivity contribution in [2.75, 3.05) is 36.4 Å². The van der Waals surface area contributed by atoms with Crippen LogP contribution in [0.4, 0.5) is 20.3 Å². The summed E-state index contributed by atoms with van der Waals surface area (Å²) < 4.78 is 32.9. The number of aromatic nitrogens is 2. The average Bonchev–Trinajstić information content (AvgIpc) is 3.56. The summed E-state index contributed by atoms with van der Waals surface area (Å²) in [7, 11) is 0. The van der Waals surface area contributed by atoms with E-state index in [-0.39, 0.29) is 55.4 Å². The Morgan fingerprint density at radius 2 is 1.75 bits per heavy atom. The van der Waals surface area contributed by atoms with Gasteiger partial charge >= 0.3 is 0 Å². The molecule has 0 radical (unpaired) electrons. The molecule has 192 valence electrons. The van der Waals surface area contributed by atoms with Gasteiger partial charge in [-0.2, -0.15) is 5.10 Å². The van der Waals surface area contributed by atoms with Crippen LogP contribution in [0.3, 0.4) is 0 Å². The molecule has 36 heavy (non-hydrogen) atoms. The Kier molecular flexibility index (Phi) is 7.02. The van der Waals surface area contributed by atoms with E-state index in [9.17, 15) is 18.4 Å². The monoisotopic (exact) mass is 499 g/mol. The number of nitrogens with zero attached hydrogens (tertiary/aromatic N) is 4. The number of amides is 2. The highest BCUT2D eigenvalue weighted by Crippen LogP contribution is 2.37. The highest BCUT2D eigenvalue weighted by molar-refractivity contribution is 5.93. The Morgan fingerprint density at radius 3 is 2.47 bits per heavy atom. The van der Waals surface area contributed by atoms with E-state index in [1.807, 2.05) is 36.4 Å². The zero-order valence-electron chi connectivity index (χ0n) is 20.1. The van der Waals surface area contributed by atoms with E-state index in [4.69, 9.17) is 4.74 Å². The molecule has 3 heterocycles. The maximum atomic E-state index is 13.4. The number of ether oxygens (including phenoxy) is 1. The second-order valence-electron chi connectivity index (χ2n) is 9.97. The largest absolute Gasteiger partial charge is 0.489 e. The predicted octanol–water partition coefficient (Wildman–Crippen LogP) is 3.75. The van der Waals surface area contributed by atoms with Gasteiger partial charge in [0, 0.05) is 56.7 Å². The van der Waals surface area contributed by atoms with Gasteiger partial charge in [0.1, 0.15) is 11.9 Å². The molecule has 2 amide bonds. The van der Waals surface area contributed by atoms with Crippen molar-refractivity contribution in [1.29, 1.82) is 0 Å². The number of halogens is 2. The fourth-order valence-electron chi connectivity index (χ4n) is 5.27. The number of anilines is 2. The van der Waals surface area contributed by atoms with Crippen molar-refractivity contribution < 1.29 is 23.1 Å². The van der Waals surface area contributed by atoms with Gasteiger partial charge in [-0.15, -0.1) is 5.10 Å². The molecule has 1 aromatic heterocycles. The van der Waals surface area contributed by atoms with Crippen LogP contribution in [-0.2, 0) is 9.59 Å². The van der Waals surface area contributed by atoms with Crippen LogP contribution in [0.5, 0.6) is 5.75 Å². The molecule has 1 aromatic carbocycles. The van der Waals surface area contributed by atoms with Crippen molar-refractivity contribution in [3.63, 3.8) is 0 Å². The first-order chi connectivity index (χ1) is 17.4. The number of carbonyl (C=O) groups excluding carboxylic acids is 2. The van der Waals surface area contributed by atoms with Crippen molar-refractivity contribution in [2.45, 2.75) is 50.6 Å². The number of carbonyl (C=O) groups is 2. The molecule has 1 N–H and O–H groups in total. The molecule has 5 rings (SSSR count). The smallest absolute Gasteiger partial charge is 0.248 e. The quantitative estimate of drug-likeness (QED) is 0.652. The lowest BCUT2D eigenvalue weighted by atomic mass is 9.86. The molecular weight excluding hydrogens is 468 g/mol. The van der Waals surface area contributed by atoms with Crippen LogP contribution < -0.4 is 15.0 Å². The topological polar surface area (TPSA) is 87.7 Å². The van der Waals surface area contributed by atoms with Crippen molar-refractivity contribution in [1.82, 2.24) is 15.1 Å². The maximum Gasteiger partial charge on any atom is 0.248 e. The van der Waals surface area contributed by atoms with E-state index < -0.39 is 5.92 Å². The van der Waals surface area contributed by atoms with Crippen molar-refractivity contribution in [3.05, 3.63) is 42.6 Å². The Balaban J connectivity index is 1.07. The SMILES string of the molecule is O=C(Nc1ccc(O[C@@H]2CCN(C(=O)C3CCC(F)(F)CC3)C2)cc1)[C@H]1CCN(c2cccnn2)C1. The van der Waals surface area contributed by atoms with E-state index in [0.29, 0.717) is 37.5 Å². The number of benzene rings is 1. The molecule has 0 bridgehead atoms. The highest BCUT2D eigenvalue weighted by atomic mass is 19.3. The lowest BCUT2D eigenvalue weighted by Gasteiger charge is -2.30. The number of hydrogen-bond acceptors (Lipinski definition) is 6. The number of nitrogens with one attached hydrogen (secondary N) is 1. The summed E-state index contributed by atoms with van der Waals surface area (Å²) in [6, 6.07) is 11.0. The summed E-state index contributed by atoms with van der Waals surface area (Å²) in [6.45, 7) is 2.41. The predicted molar refractivity (Wildman–Crippen MR) is 130 cm³/mol. The van der Waals surface area contributed by atoms with Gasteiger partial charge in [0.2, 0.25) is 17.7 Å². The van der Waals surface area contributed by atoms with Gasteiger partial charge in [0.05, 0.1) is 12.5 Å². The summed E-state index contributed by atoms with van der Waals surface area (Å²) in [5.41, 5.74) is 0.697. The van der Waals surface area contributed by atoms with Crippen LogP contribution in [0, 0.1) is 11.8 Å². The van der Waals surface area contributed by atoms with Crippen LogP contribution in [0.15, 0.2) is 42.6 Å². The third kappa shape index (κ3) is 5.74. The summed E-state index contributed by atoms with van der Waals surface area (Å²) in [5.74, 6) is -1.67. The molecular formula is C26H31F2N5O3. The minimum absolute atomic E-state index is 0.0273. The molecule has 2 aromatic rings. The number of likely N-dealkylation sites (tertiary alicyclic amines) is 1. The summed E-state index contributed by atoms with van der Waals surface area (Å²) in [6.07, 6.45) is 3.04. The molecule has 1 aliphatic carbocycles. The van der Waals surface area contributed by atoms with Crippen LogP contribution in [0.2, 0.25) is 0 Å². The highest BCUT2D eigenvalue weighted by Gasteiger charge is 2.40. The number of alkyl halides is 2. The second kappa shape index (κ2) is 10.4. The minimum atomic E-state index is -2.63. The molecule has 1 saturated carbocycles. The summed E-state index contributed by atoms with van der Waals surface area (Å²) in [4.78, 5) is 29.3. The van der Waals surface area contributed by atoms with E-state index in [1.54, 1.807) is 11.1 Å². The van der Waals surface area contributed by atoms with Gasteiger partial charge in [-0.25, -0.2) is 8.78 Å². The second-order valence-corrected chi connectivity index (χ2v) is 9.97. The molecule has 0 unspecified atom stereocenters.